The molecule has 0 spiro atoms. The molecular weight excluding hydrogens is 294 g/mol. The van der Waals surface area contributed by atoms with E-state index in [-0.39, 0.29) is 5.92 Å². The average molecular weight is 313 g/mol. The Bertz CT molecular complexity index is 642. The Morgan fingerprint density at radius 3 is 2.45 bits per heavy atom. The molecule has 0 aromatic heterocycles. The van der Waals surface area contributed by atoms with E-state index in [1.807, 2.05) is 54.6 Å². The zero-order valence-electron chi connectivity index (χ0n) is 12.5. The van der Waals surface area contributed by atoms with Crippen LogP contribution >= 0.6 is 12.2 Å². The van der Waals surface area contributed by atoms with E-state index in [4.69, 9.17) is 17.0 Å². The molecule has 2 aromatic rings. The van der Waals surface area contributed by atoms with Crippen LogP contribution in [0.3, 0.4) is 0 Å². The van der Waals surface area contributed by atoms with Crippen LogP contribution in [0.2, 0.25) is 0 Å². The Balaban J connectivity index is 1.77. The summed E-state index contributed by atoms with van der Waals surface area (Å²) in [4.78, 5) is 2.91. The Labute approximate surface area is 136 Å². The van der Waals surface area contributed by atoms with Gasteiger partial charge in [-0.25, -0.2) is 0 Å². The van der Waals surface area contributed by atoms with Crippen molar-refractivity contribution in [1.29, 1.82) is 0 Å². The normalized spacial score (nSPS) is 19.3. The lowest BCUT2D eigenvalue weighted by Gasteiger charge is -2.22. The molecule has 1 fully saturated rings. The van der Waals surface area contributed by atoms with E-state index in [2.05, 4.69) is 4.90 Å². The summed E-state index contributed by atoms with van der Waals surface area (Å²) in [7, 11) is 1.65. The maximum atomic E-state index is 10.6. The molecule has 1 aliphatic rings. The molecule has 2 aromatic carbocycles. The van der Waals surface area contributed by atoms with Crippen molar-refractivity contribution in [3.63, 3.8) is 0 Å². The molecule has 2 atom stereocenters. The topological polar surface area (TPSA) is 32.7 Å². The van der Waals surface area contributed by atoms with E-state index in [1.165, 1.54) is 0 Å². The van der Waals surface area contributed by atoms with Gasteiger partial charge in [-0.1, -0.05) is 42.5 Å². The van der Waals surface area contributed by atoms with Gasteiger partial charge >= 0.3 is 0 Å². The van der Waals surface area contributed by atoms with Crippen molar-refractivity contribution < 1.29 is 9.84 Å². The van der Waals surface area contributed by atoms with Crippen molar-refractivity contribution in [2.24, 2.45) is 5.92 Å². The maximum absolute atomic E-state index is 10.6. The summed E-state index contributed by atoms with van der Waals surface area (Å²) in [5.74, 6) is 0.814. The number of rotatable bonds is 4. The fourth-order valence-electron chi connectivity index (χ4n) is 2.90. The van der Waals surface area contributed by atoms with Crippen LogP contribution in [0.25, 0.3) is 0 Å². The van der Waals surface area contributed by atoms with Crippen LogP contribution < -0.4 is 9.64 Å². The number of hydrogen-bond donors (Lipinski definition) is 1. The third kappa shape index (κ3) is 2.85. The highest BCUT2D eigenvalue weighted by atomic mass is 32.1. The van der Waals surface area contributed by atoms with Gasteiger partial charge in [0.1, 0.15) is 5.75 Å². The molecule has 1 N–H and O–H groups in total. The van der Waals surface area contributed by atoms with Gasteiger partial charge in [-0.2, -0.15) is 0 Å². The molecule has 0 aliphatic carbocycles. The minimum atomic E-state index is -0.544. The van der Waals surface area contributed by atoms with Crippen LogP contribution in [0.5, 0.6) is 5.75 Å². The third-order valence-electron chi connectivity index (χ3n) is 4.15. The number of thiocarbonyl (C=S) groups is 1. The molecule has 1 heterocycles. The Kier molecular flexibility index (Phi) is 4.41. The third-order valence-corrected chi connectivity index (χ3v) is 4.68. The molecule has 3 nitrogen and oxygen atoms in total. The molecule has 0 bridgehead atoms. The van der Waals surface area contributed by atoms with E-state index in [0.717, 1.165) is 35.0 Å². The average Bonchev–Trinajstić information content (AvgIpc) is 2.96. The van der Waals surface area contributed by atoms with Crippen molar-refractivity contribution in [2.75, 3.05) is 18.6 Å². The van der Waals surface area contributed by atoms with Crippen molar-refractivity contribution >= 4 is 22.9 Å². The van der Waals surface area contributed by atoms with Crippen LogP contribution in [-0.2, 0) is 0 Å². The summed E-state index contributed by atoms with van der Waals surface area (Å²) in [5, 5.41) is 10.6. The largest absolute Gasteiger partial charge is 0.497 e. The quantitative estimate of drug-likeness (QED) is 0.875. The molecule has 3 rings (SSSR count). The standard InChI is InChI=1S/C18H19NO2S/c1-21-15-9-7-14(8-10-15)19-12-11-16(18(19)22)17(20)13-5-3-2-4-6-13/h2-10,16-17,20H,11-12H2,1H3/t16-,17-/m0/s1. The minimum absolute atomic E-state index is 0.0144. The molecule has 1 aliphatic heterocycles. The first kappa shape index (κ1) is 15.0. The van der Waals surface area contributed by atoms with E-state index in [1.54, 1.807) is 7.11 Å². The summed E-state index contributed by atoms with van der Waals surface area (Å²) in [5.41, 5.74) is 1.97. The van der Waals surface area contributed by atoms with Crippen LogP contribution in [0.1, 0.15) is 18.1 Å². The molecule has 114 valence electrons. The Hall–Kier alpha value is -1.91. The zero-order chi connectivity index (χ0) is 15.5. The highest BCUT2D eigenvalue weighted by molar-refractivity contribution is 7.80. The van der Waals surface area contributed by atoms with Crippen LogP contribution in [0, 0.1) is 5.92 Å². The molecule has 4 heteroatoms. The smallest absolute Gasteiger partial charge is 0.119 e. The van der Waals surface area contributed by atoms with E-state index < -0.39 is 6.10 Å². The minimum Gasteiger partial charge on any atom is -0.497 e. The predicted molar refractivity (Wildman–Crippen MR) is 92.4 cm³/mol. The molecule has 0 radical (unpaired) electrons. The van der Waals surface area contributed by atoms with Crippen LogP contribution in [0.15, 0.2) is 54.6 Å². The SMILES string of the molecule is COc1ccc(N2CC[C@@H]([C@@H](O)c3ccccc3)C2=S)cc1. The summed E-state index contributed by atoms with van der Waals surface area (Å²) < 4.78 is 5.18. The number of hydrogen-bond acceptors (Lipinski definition) is 3. The van der Waals surface area contributed by atoms with Gasteiger partial charge in [0, 0.05) is 18.2 Å². The highest BCUT2D eigenvalue weighted by Gasteiger charge is 2.34. The summed E-state index contributed by atoms with van der Waals surface area (Å²) in [6, 6.07) is 17.6. The van der Waals surface area contributed by atoms with Gasteiger partial charge in [-0.05, 0) is 36.2 Å². The second-order valence-electron chi connectivity index (χ2n) is 5.44. The highest BCUT2D eigenvalue weighted by Crippen LogP contribution is 2.35. The molecule has 1 saturated heterocycles. The number of aliphatic hydroxyl groups is 1. The number of aliphatic hydroxyl groups excluding tert-OH is 1. The number of nitrogens with zero attached hydrogens (tertiary/aromatic N) is 1. The fourth-order valence-corrected chi connectivity index (χ4v) is 3.34. The van der Waals surface area contributed by atoms with E-state index in [9.17, 15) is 5.11 Å². The maximum Gasteiger partial charge on any atom is 0.119 e. The van der Waals surface area contributed by atoms with Gasteiger partial charge in [0.15, 0.2) is 0 Å². The van der Waals surface area contributed by atoms with Crippen molar-refractivity contribution in [1.82, 2.24) is 0 Å². The monoisotopic (exact) mass is 313 g/mol. The molecule has 0 saturated carbocycles. The van der Waals surface area contributed by atoms with Gasteiger partial charge in [0.05, 0.1) is 18.2 Å². The second kappa shape index (κ2) is 6.46. The van der Waals surface area contributed by atoms with Gasteiger partial charge in [0.2, 0.25) is 0 Å². The van der Waals surface area contributed by atoms with Crippen LogP contribution in [-0.4, -0.2) is 23.7 Å². The van der Waals surface area contributed by atoms with Gasteiger partial charge < -0.3 is 14.7 Å². The summed E-state index contributed by atoms with van der Waals surface area (Å²) in [6.45, 7) is 0.833. The molecular formula is C18H19NO2S. The van der Waals surface area contributed by atoms with E-state index in [0.29, 0.717) is 0 Å². The molecule has 0 unspecified atom stereocenters. The number of methoxy groups -OCH3 is 1. The van der Waals surface area contributed by atoms with E-state index >= 15 is 0 Å². The number of ether oxygens (including phenoxy) is 1. The Morgan fingerprint density at radius 2 is 1.82 bits per heavy atom. The summed E-state index contributed by atoms with van der Waals surface area (Å²) >= 11 is 5.62. The zero-order valence-corrected chi connectivity index (χ0v) is 13.3. The molecule has 0 amide bonds. The van der Waals surface area contributed by atoms with Gasteiger partial charge in [-0.15, -0.1) is 0 Å². The first-order valence-electron chi connectivity index (χ1n) is 7.39. The predicted octanol–water partition coefficient (Wildman–Crippen LogP) is 3.58. The first-order valence-corrected chi connectivity index (χ1v) is 7.80. The lowest BCUT2D eigenvalue weighted by Crippen LogP contribution is -2.27. The summed E-state index contributed by atoms with van der Waals surface area (Å²) in [6.07, 6.45) is 0.318. The van der Waals surface area contributed by atoms with Crippen molar-refractivity contribution in [3.05, 3.63) is 60.2 Å². The lowest BCUT2D eigenvalue weighted by atomic mass is 9.95. The van der Waals surface area contributed by atoms with Crippen molar-refractivity contribution in [2.45, 2.75) is 12.5 Å². The lowest BCUT2D eigenvalue weighted by molar-refractivity contribution is 0.142. The van der Waals surface area contributed by atoms with Gasteiger partial charge in [-0.3, -0.25) is 0 Å². The second-order valence-corrected chi connectivity index (χ2v) is 5.86. The van der Waals surface area contributed by atoms with Crippen molar-refractivity contribution in [3.8, 4) is 5.75 Å². The molecule has 22 heavy (non-hydrogen) atoms. The first-order chi connectivity index (χ1) is 10.7. The van der Waals surface area contributed by atoms with Gasteiger partial charge in [0.25, 0.3) is 0 Å². The Morgan fingerprint density at radius 1 is 1.14 bits per heavy atom. The number of anilines is 1. The number of benzene rings is 2. The van der Waals surface area contributed by atoms with Crippen LogP contribution in [0.4, 0.5) is 5.69 Å². The fraction of sp³-hybridized carbons (Fsp3) is 0.278.